The van der Waals surface area contributed by atoms with E-state index < -0.39 is 5.60 Å². The van der Waals surface area contributed by atoms with E-state index in [1.165, 1.54) is 16.7 Å². The number of rotatable bonds is 0. The topological polar surface area (TPSA) is 29.5 Å². The first-order valence-corrected chi connectivity index (χ1v) is 6.42. The summed E-state index contributed by atoms with van der Waals surface area (Å²) in [6.07, 6.45) is 0.705. The fourth-order valence-corrected chi connectivity index (χ4v) is 2.28. The Hall–Kier alpha value is -1.51. The van der Waals surface area contributed by atoms with Crippen molar-refractivity contribution in [1.29, 1.82) is 0 Å². The highest BCUT2D eigenvalue weighted by Crippen LogP contribution is 2.23. The van der Waals surface area contributed by atoms with E-state index in [0.29, 0.717) is 6.54 Å². The van der Waals surface area contributed by atoms with Crippen molar-refractivity contribution >= 4 is 6.09 Å². The Balaban J connectivity index is 2.11. The molecule has 0 unspecified atom stereocenters. The van der Waals surface area contributed by atoms with Crippen LogP contribution in [-0.2, 0) is 17.7 Å². The Kier molecular flexibility index (Phi) is 3.33. The van der Waals surface area contributed by atoms with E-state index in [4.69, 9.17) is 4.74 Å². The Morgan fingerprint density at radius 1 is 1.33 bits per heavy atom. The summed E-state index contributed by atoms with van der Waals surface area (Å²) in [6, 6.07) is 6.27. The fraction of sp³-hybridized carbons (Fsp3) is 0.533. The van der Waals surface area contributed by atoms with E-state index >= 15 is 0 Å². The van der Waals surface area contributed by atoms with Gasteiger partial charge >= 0.3 is 6.09 Å². The van der Waals surface area contributed by atoms with Gasteiger partial charge in [-0.15, -0.1) is 0 Å². The van der Waals surface area contributed by atoms with Gasteiger partial charge in [-0.1, -0.05) is 18.2 Å². The Bertz CT molecular complexity index is 460. The molecule has 0 radical (unpaired) electrons. The molecule has 18 heavy (non-hydrogen) atoms. The van der Waals surface area contributed by atoms with Gasteiger partial charge in [0, 0.05) is 13.1 Å². The third-order valence-electron chi connectivity index (χ3n) is 3.15. The van der Waals surface area contributed by atoms with Crippen molar-refractivity contribution < 1.29 is 9.53 Å². The molecule has 0 N–H and O–H groups in total. The lowest BCUT2D eigenvalue weighted by Crippen LogP contribution is -2.40. The van der Waals surface area contributed by atoms with Crippen LogP contribution in [0.25, 0.3) is 0 Å². The minimum atomic E-state index is -0.427. The summed E-state index contributed by atoms with van der Waals surface area (Å²) >= 11 is 0. The predicted octanol–water partition coefficient (Wildman–Crippen LogP) is 3.29. The molecule has 0 aliphatic carbocycles. The lowest BCUT2D eigenvalue weighted by Gasteiger charge is -2.31. The van der Waals surface area contributed by atoms with Crippen molar-refractivity contribution in [2.24, 2.45) is 0 Å². The zero-order chi connectivity index (χ0) is 13.3. The lowest BCUT2D eigenvalue weighted by molar-refractivity contribution is 0.0224. The van der Waals surface area contributed by atoms with E-state index in [2.05, 4.69) is 19.1 Å². The van der Waals surface area contributed by atoms with Gasteiger partial charge in [-0.2, -0.15) is 0 Å². The molecule has 1 amide bonds. The summed E-state index contributed by atoms with van der Waals surface area (Å²) in [5.41, 5.74) is 3.52. The van der Waals surface area contributed by atoms with Crippen LogP contribution in [0.2, 0.25) is 0 Å². The van der Waals surface area contributed by atoms with E-state index in [1.807, 2.05) is 26.8 Å². The van der Waals surface area contributed by atoms with Crippen LogP contribution in [0, 0.1) is 6.92 Å². The molecule has 3 heteroatoms. The molecule has 0 bridgehead atoms. The predicted molar refractivity (Wildman–Crippen MR) is 71.5 cm³/mol. The van der Waals surface area contributed by atoms with Gasteiger partial charge in [0.15, 0.2) is 0 Å². The zero-order valence-corrected chi connectivity index (χ0v) is 11.6. The number of benzene rings is 1. The summed E-state index contributed by atoms with van der Waals surface area (Å²) in [5.74, 6) is 0. The average Bonchev–Trinajstić information content (AvgIpc) is 2.26. The second-order valence-electron chi connectivity index (χ2n) is 5.86. The van der Waals surface area contributed by atoms with Crippen molar-refractivity contribution in [2.45, 2.75) is 46.3 Å². The van der Waals surface area contributed by atoms with E-state index in [0.717, 1.165) is 13.0 Å². The molecule has 1 aliphatic heterocycles. The summed E-state index contributed by atoms with van der Waals surface area (Å²) in [6.45, 7) is 9.22. The van der Waals surface area contributed by atoms with Gasteiger partial charge in [0.1, 0.15) is 5.60 Å². The van der Waals surface area contributed by atoms with Gasteiger partial charge in [0.2, 0.25) is 0 Å². The second-order valence-corrected chi connectivity index (χ2v) is 5.86. The lowest BCUT2D eigenvalue weighted by atomic mass is 9.95. The first-order chi connectivity index (χ1) is 8.37. The molecule has 1 aliphatic rings. The summed E-state index contributed by atoms with van der Waals surface area (Å²) < 4.78 is 5.41. The molecule has 0 spiro atoms. The Labute approximate surface area is 109 Å². The first-order valence-electron chi connectivity index (χ1n) is 6.42. The molecule has 0 fully saturated rings. The molecule has 1 aromatic carbocycles. The van der Waals surface area contributed by atoms with Crippen LogP contribution >= 0.6 is 0 Å². The number of ether oxygens (including phenoxy) is 1. The van der Waals surface area contributed by atoms with Crippen LogP contribution in [0.1, 0.15) is 37.5 Å². The van der Waals surface area contributed by atoms with E-state index in [1.54, 1.807) is 4.90 Å². The van der Waals surface area contributed by atoms with Gasteiger partial charge in [-0.3, -0.25) is 0 Å². The Morgan fingerprint density at radius 3 is 2.72 bits per heavy atom. The number of amides is 1. The summed E-state index contributed by atoms with van der Waals surface area (Å²) in [7, 11) is 0. The van der Waals surface area contributed by atoms with Crippen molar-refractivity contribution in [3.63, 3.8) is 0 Å². The number of hydrogen-bond acceptors (Lipinski definition) is 2. The van der Waals surface area contributed by atoms with Gasteiger partial charge in [0.05, 0.1) is 0 Å². The maximum Gasteiger partial charge on any atom is 0.410 e. The molecule has 0 aromatic heterocycles. The molecule has 1 heterocycles. The molecular formula is C15H21NO2. The normalized spacial score (nSPS) is 15.2. The maximum atomic E-state index is 12.0. The molecule has 98 valence electrons. The van der Waals surface area contributed by atoms with Gasteiger partial charge in [-0.25, -0.2) is 4.79 Å². The molecule has 2 rings (SSSR count). The fourth-order valence-electron chi connectivity index (χ4n) is 2.28. The highest BCUT2D eigenvalue weighted by Gasteiger charge is 2.25. The number of carbonyl (C=O) groups excluding carboxylic acids is 1. The number of aryl methyl sites for hydroxylation is 1. The van der Waals surface area contributed by atoms with Gasteiger partial charge in [0.25, 0.3) is 0 Å². The number of hydrogen-bond donors (Lipinski definition) is 0. The minimum Gasteiger partial charge on any atom is -0.444 e. The zero-order valence-electron chi connectivity index (χ0n) is 11.6. The van der Waals surface area contributed by atoms with E-state index in [9.17, 15) is 4.79 Å². The van der Waals surface area contributed by atoms with Crippen molar-refractivity contribution in [3.05, 3.63) is 34.9 Å². The van der Waals surface area contributed by atoms with Crippen molar-refractivity contribution in [2.75, 3.05) is 6.54 Å². The van der Waals surface area contributed by atoms with Crippen LogP contribution < -0.4 is 0 Å². The second kappa shape index (κ2) is 4.63. The molecule has 3 nitrogen and oxygen atoms in total. The Morgan fingerprint density at radius 2 is 2.06 bits per heavy atom. The smallest absolute Gasteiger partial charge is 0.410 e. The van der Waals surface area contributed by atoms with Crippen LogP contribution in [0.15, 0.2) is 18.2 Å². The number of nitrogens with zero attached hydrogens (tertiary/aromatic N) is 1. The third kappa shape index (κ3) is 2.84. The van der Waals surface area contributed by atoms with Crippen LogP contribution in [0.5, 0.6) is 0 Å². The highest BCUT2D eigenvalue weighted by molar-refractivity contribution is 5.68. The standard InChI is InChI=1S/C15H21NO2/c1-11-6-5-7-12-10-16(9-8-13(11)12)14(17)18-15(2,3)4/h5-7H,8-10H2,1-4H3. The largest absolute Gasteiger partial charge is 0.444 e. The van der Waals surface area contributed by atoms with E-state index in [-0.39, 0.29) is 6.09 Å². The number of fused-ring (bicyclic) bond motifs is 1. The minimum absolute atomic E-state index is 0.213. The van der Waals surface area contributed by atoms with Crippen LogP contribution in [0.3, 0.4) is 0 Å². The summed E-state index contributed by atoms with van der Waals surface area (Å²) in [4.78, 5) is 13.8. The maximum absolute atomic E-state index is 12.0. The average molecular weight is 247 g/mol. The SMILES string of the molecule is Cc1cccc2c1CCN(C(=O)OC(C)(C)C)C2. The molecular weight excluding hydrogens is 226 g/mol. The van der Waals surface area contributed by atoms with Crippen molar-refractivity contribution in [3.8, 4) is 0 Å². The molecule has 1 aromatic rings. The monoisotopic (exact) mass is 247 g/mol. The quantitative estimate of drug-likeness (QED) is 0.704. The van der Waals surface area contributed by atoms with Crippen LogP contribution in [-0.4, -0.2) is 23.1 Å². The molecule has 0 saturated heterocycles. The highest BCUT2D eigenvalue weighted by atomic mass is 16.6. The van der Waals surface area contributed by atoms with Crippen molar-refractivity contribution in [1.82, 2.24) is 4.90 Å². The summed E-state index contributed by atoms with van der Waals surface area (Å²) in [5, 5.41) is 0. The van der Waals surface area contributed by atoms with Gasteiger partial charge in [-0.05, 0) is 50.8 Å². The molecule has 0 saturated carbocycles. The third-order valence-corrected chi connectivity index (χ3v) is 3.15. The van der Waals surface area contributed by atoms with Crippen LogP contribution in [0.4, 0.5) is 4.79 Å². The number of carbonyl (C=O) groups is 1. The molecule has 0 atom stereocenters. The first kappa shape index (κ1) is 12.9. The van der Waals surface area contributed by atoms with Gasteiger partial charge < -0.3 is 9.64 Å².